The van der Waals surface area contributed by atoms with Gasteiger partial charge in [0.25, 0.3) is 5.91 Å². The Balaban J connectivity index is 1.75. The van der Waals surface area contributed by atoms with Crippen molar-refractivity contribution in [2.24, 2.45) is 0 Å². The lowest BCUT2D eigenvalue weighted by Crippen LogP contribution is -2.45. The molecule has 0 aromatic heterocycles. The van der Waals surface area contributed by atoms with Crippen molar-refractivity contribution in [3.63, 3.8) is 0 Å². The molecule has 120 valence electrons. The Bertz CT molecular complexity index is 687. The van der Waals surface area contributed by atoms with Crippen molar-refractivity contribution in [1.82, 2.24) is 5.32 Å². The van der Waals surface area contributed by atoms with Crippen molar-refractivity contribution in [3.05, 3.63) is 65.2 Å². The molecule has 0 saturated heterocycles. The van der Waals surface area contributed by atoms with Crippen LogP contribution < -0.4 is 10.1 Å². The van der Waals surface area contributed by atoms with E-state index in [1.807, 2.05) is 49.4 Å². The number of carbonyl (C=O) groups excluding carboxylic acids is 1. The van der Waals surface area contributed by atoms with Gasteiger partial charge in [-0.25, -0.2) is 0 Å². The van der Waals surface area contributed by atoms with Gasteiger partial charge in [0.1, 0.15) is 5.75 Å². The molecule has 0 heterocycles. The van der Waals surface area contributed by atoms with Crippen LogP contribution >= 0.6 is 0 Å². The first kappa shape index (κ1) is 15.6. The van der Waals surface area contributed by atoms with Crippen molar-refractivity contribution in [2.45, 2.75) is 31.6 Å². The molecule has 3 rings (SSSR count). The molecule has 1 aliphatic carbocycles. The van der Waals surface area contributed by atoms with Crippen molar-refractivity contribution in [3.8, 4) is 5.75 Å². The van der Waals surface area contributed by atoms with Gasteiger partial charge >= 0.3 is 0 Å². The van der Waals surface area contributed by atoms with E-state index in [2.05, 4.69) is 11.4 Å². The summed E-state index contributed by atoms with van der Waals surface area (Å²) >= 11 is 0. The summed E-state index contributed by atoms with van der Waals surface area (Å²) in [6, 6.07) is 15.8. The number of benzene rings is 2. The van der Waals surface area contributed by atoms with Gasteiger partial charge in [0, 0.05) is 23.1 Å². The average molecular weight is 309 g/mol. The lowest BCUT2D eigenvalue weighted by Gasteiger charge is -2.43. The molecule has 1 fully saturated rings. The number of para-hydroxylation sites is 1. The first-order chi connectivity index (χ1) is 11.1. The summed E-state index contributed by atoms with van der Waals surface area (Å²) < 4.78 is 5.52. The van der Waals surface area contributed by atoms with E-state index in [1.54, 1.807) is 7.11 Å². The molecule has 0 radical (unpaired) electrons. The van der Waals surface area contributed by atoms with E-state index in [0.29, 0.717) is 12.1 Å². The molecular formula is C20H23NO2. The molecular weight excluding hydrogens is 286 g/mol. The SMILES string of the molecule is COc1ccccc1C1(CNC(=O)c2ccc(C)cc2)CCC1. The minimum atomic E-state index is -0.00817. The monoisotopic (exact) mass is 309 g/mol. The molecule has 2 aromatic rings. The second-order valence-corrected chi connectivity index (χ2v) is 6.38. The highest BCUT2D eigenvalue weighted by Gasteiger charge is 2.40. The maximum Gasteiger partial charge on any atom is 0.251 e. The third kappa shape index (κ3) is 3.09. The van der Waals surface area contributed by atoms with Gasteiger partial charge in [0.15, 0.2) is 0 Å². The molecule has 0 bridgehead atoms. The molecule has 0 aliphatic heterocycles. The van der Waals surface area contributed by atoms with Crippen LogP contribution in [0.4, 0.5) is 0 Å². The summed E-state index contributed by atoms with van der Waals surface area (Å²) in [5.41, 5.74) is 3.08. The minimum Gasteiger partial charge on any atom is -0.496 e. The van der Waals surface area contributed by atoms with E-state index >= 15 is 0 Å². The Labute approximate surface area is 137 Å². The second kappa shape index (κ2) is 6.45. The summed E-state index contributed by atoms with van der Waals surface area (Å²) in [5, 5.41) is 3.12. The molecule has 2 aromatic carbocycles. The van der Waals surface area contributed by atoms with Crippen LogP contribution in [0.3, 0.4) is 0 Å². The number of nitrogens with one attached hydrogen (secondary N) is 1. The number of amides is 1. The quantitative estimate of drug-likeness (QED) is 0.911. The summed E-state index contributed by atoms with van der Waals surface area (Å²) in [6.07, 6.45) is 3.36. The van der Waals surface area contributed by atoms with Crippen LogP contribution in [0.2, 0.25) is 0 Å². The number of aryl methyl sites for hydroxylation is 1. The van der Waals surface area contributed by atoms with Gasteiger partial charge in [-0.15, -0.1) is 0 Å². The van der Waals surface area contributed by atoms with Crippen molar-refractivity contribution < 1.29 is 9.53 Å². The minimum absolute atomic E-state index is 0.00691. The summed E-state index contributed by atoms with van der Waals surface area (Å²) in [6.45, 7) is 2.67. The van der Waals surface area contributed by atoms with Gasteiger partial charge in [0.2, 0.25) is 0 Å². The van der Waals surface area contributed by atoms with E-state index in [4.69, 9.17) is 4.74 Å². The fourth-order valence-corrected chi connectivity index (χ4v) is 3.28. The summed E-state index contributed by atoms with van der Waals surface area (Å²) in [4.78, 5) is 12.4. The number of ether oxygens (including phenoxy) is 1. The molecule has 3 nitrogen and oxygen atoms in total. The highest BCUT2D eigenvalue weighted by atomic mass is 16.5. The Morgan fingerprint density at radius 3 is 2.43 bits per heavy atom. The van der Waals surface area contributed by atoms with Crippen LogP contribution in [0.5, 0.6) is 5.75 Å². The Morgan fingerprint density at radius 2 is 1.83 bits per heavy atom. The smallest absolute Gasteiger partial charge is 0.251 e. The van der Waals surface area contributed by atoms with E-state index < -0.39 is 0 Å². The third-order valence-corrected chi connectivity index (χ3v) is 4.89. The van der Waals surface area contributed by atoms with Crippen LogP contribution in [0.15, 0.2) is 48.5 Å². The van der Waals surface area contributed by atoms with Crippen LogP contribution in [0.1, 0.15) is 40.7 Å². The molecule has 3 heteroatoms. The number of carbonyl (C=O) groups is 1. The molecule has 23 heavy (non-hydrogen) atoms. The van der Waals surface area contributed by atoms with Crippen molar-refractivity contribution in [2.75, 3.05) is 13.7 Å². The van der Waals surface area contributed by atoms with Crippen LogP contribution in [0.25, 0.3) is 0 Å². The van der Waals surface area contributed by atoms with Gasteiger partial charge in [0.05, 0.1) is 7.11 Å². The van der Waals surface area contributed by atoms with Crippen molar-refractivity contribution >= 4 is 5.91 Å². The molecule has 1 saturated carbocycles. The molecule has 0 atom stereocenters. The number of hydrogen-bond acceptors (Lipinski definition) is 2. The molecule has 1 amide bonds. The number of methoxy groups -OCH3 is 1. The van der Waals surface area contributed by atoms with Gasteiger partial charge in [-0.1, -0.05) is 42.3 Å². The van der Waals surface area contributed by atoms with Gasteiger partial charge in [-0.3, -0.25) is 4.79 Å². The second-order valence-electron chi connectivity index (χ2n) is 6.38. The summed E-state index contributed by atoms with van der Waals surface area (Å²) in [7, 11) is 1.70. The van der Waals surface area contributed by atoms with Gasteiger partial charge in [-0.2, -0.15) is 0 Å². The normalized spacial score (nSPS) is 15.6. The molecule has 1 aliphatic rings. The zero-order valence-electron chi connectivity index (χ0n) is 13.8. The average Bonchev–Trinajstić information content (AvgIpc) is 2.54. The van der Waals surface area contributed by atoms with Gasteiger partial charge < -0.3 is 10.1 Å². The molecule has 0 spiro atoms. The van der Waals surface area contributed by atoms with E-state index in [0.717, 1.165) is 24.2 Å². The Kier molecular flexibility index (Phi) is 4.37. The first-order valence-corrected chi connectivity index (χ1v) is 8.13. The highest BCUT2D eigenvalue weighted by molar-refractivity contribution is 5.94. The number of hydrogen-bond donors (Lipinski definition) is 1. The van der Waals surface area contributed by atoms with Crippen LogP contribution in [0, 0.1) is 6.92 Å². The molecule has 1 N–H and O–H groups in total. The first-order valence-electron chi connectivity index (χ1n) is 8.13. The maximum absolute atomic E-state index is 12.4. The largest absolute Gasteiger partial charge is 0.496 e. The standard InChI is InChI=1S/C20H23NO2/c1-15-8-10-16(11-9-15)19(22)21-14-20(12-5-13-20)17-6-3-4-7-18(17)23-2/h3-4,6-11H,5,12-14H2,1-2H3,(H,21,22). The van der Waals surface area contributed by atoms with E-state index in [9.17, 15) is 4.79 Å². The predicted octanol–water partition coefficient (Wildman–Crippen LogP) is 3.86. The summed E-state index contributed by atoms with van der Waals surface area (Å²) in [5.74, 6) is 0.906. The number of rotatable bonds is 5. The lowest BCUT2D eigenvalue weighted by molar-refractivity contribution is 0.0927. The topological polar surface area (TPSA) is 38.3 Å². The van der Waals surface area contributed by atoms with E-state index in [-0.39, 0.29) is 11.3 Å². The highest BCUT2D eigenvalue weighted by Crippen LogP contribution is 2.46. The fourth-order valence-electron chi connectivity index (χ4n) is 3.28. The Morgan fingerprint density at radius 1 is 1.13 bits per heavy atom. The lowest BCUT2D eigenvalue weighted by atomic mass is 9.64. The Hall–Kier alpha value is -2.29. The fraction of sp³-hybridized carbons (Fsp3) is 0.350. The zero-order valence-corrected chi connectivity index (χ0v) is 13.8. The maximum atomic E-state index is 12.4. The third-order valence-electron chi connectivity index (χ3n) is 4.89. The van der Waals surface area contributed by atoms with Gasteiger partial charge in [-0.05, 0) is 38.0 Å². The van der Waals surface area contributed by atoms with Crippen LogP contribution in [-0.2, 0) is 5.41 Å². The van der Waals surface area contributed by atoms with Crippen LogP contribution in [-0.4, -0.2) is 19.6 Å². The van der Waals surface area contributed by atoms with Crippen molar-refractivity contribution in [1.29, 1.82) is 0 Å². The molecule has 0 unspecified atom stereocenters. The predicted molar refractivity (Wildman–Crippen MR) is 92.0 cm³/mol. The van der Waals surface area contributed by atoms with E-state index in [1.165, 1.54) is 12.0 Å². The zero-order chi connectivity index (χ0) is 16.3.